The van der Waals surface area contributed by atoms with Crippen LogP contribution in [0.4, 0.5) is 4.39 Å². The van der Waals surface area contributed by atoms with Crippen molar-refractivity contribution in [2.24, 2.45) is 0 Å². The molecule has 0 radical (unpaired) electrons. The number of carbonyl (C=O) groups is 1. The third kappa shape index (κ3) is 5.47. The number of sulfonamides is 1. The second-order valence-corrected chi connectivity index (χ2v) is 8.83. The molecule has 144 valence electrons. The molecule has 0 aliphatic heterocycles. The van der Waals surface area contributed by atoms with Gasteiger partial charge in [0.2, 0.25) is 15.9 Å². The third-order valence-corrected chi connectivity index (χ3v) is 6.19. The molecule has 0 saturated heterocycles. The molecule has 2 aromatic rings. The van der Waals surface area contributed by atoms with Gasteiger partial charge in [-0.05, 0) is 30.3 Å². The molecule has 5 nitrogen and oxygen atoms in total. The summed E-state index contributed by atoms with van der Waals surface area (Å²) in [7, 11) is -2.45. The molecule has 0 spiro atoms. The molecule has 1 amide bonds. The SMILES string of the molecule is C=CCN(Cc1cc(Br)ccc1F)C(=O)CN(C)S(=O)(=O)c1ccccc1. The van der Waals surface area contributed by atoms with E-state index in [1.54, 1.807) is 30.3 Å². The van der Waals surface area contributed by atoms with Crippen molar-refractivity contribution in [3.8, 4) is 0 Å². The maximum atomic E-state index is 14.0. The lowest BCUT2D eigenvalue weighted by molar-refractivity contribution is -0.131. The monoisotopic (exact) mass is 454 g/mol. The number of rotatable bonds is 8. The fourth-order valence-corrected chi connectivity index (χ4v) is 3.98. The van der Waals surface area contributed by atoms with Gasteiger partial charge in [-0.25, -0.2) is 12.8 Å². The van der Waals surface area contributed by atoms with Gasteiger partial charge in [0.25, 0.3) is 0 Å². The average Bonchev–Trinajstić information content (AvgIpc) is 2.64. The molecule has 0 unspecified atom stereocenters. The number of benzene rings is 2. The molecule has 0 aliphatic rings. The number of hydrogen-bond acceptors (Lipinski definition) is 3. The van der Waals surface area contributed by atoms with E-state index >= 15 is 0 Å². The van der Waals surface area contributed by atoms with Gasteiger partial charge < -0.3 is 4.90 Å². The highest BCUT2D eigenvalue weighted by atomic mass is 79.9. The summed E-state index contributed by atoms with van der Waals surface area (Å²) < 4.78 is 40.8. The first-order valence-electron chi connectivity index (χ1n) is 8.09. The van der Waals surface area contributed by atoms with Gasteiger partial charge in [0.05, 0.1) is 11.4 Å². The van der Waals surface area contributed by atoms with Crippen molar-refractivity contribution in [2.75, 3.05) is 20.1 Å². The Morgan fingerprint density at radius 3 is 2.52 bits per heavy atom. The molecule has 0 aliphatic carbocycles. The summed E-state index contributed by atoms with van der Waals surface area (Å²) in [5.74, 6) is -0.887. The smallest absolute Gasteiger partial charge is 0.243 e. The summed E-state index contributed by atoms with van der Waals surface area (Å²) >= 11 is 3.28. The van der Waals surface area contributed by atoms with Gasteiger partial charge in [-0.15, -0.1) is 6.58 Å². The van der Waals surface area contributed by atoms with E-state index in [0.717, 1.165) is 4.31 Å². The van der Waals surface area contributed by atoms with E-state index in [2.05, 4.69) is 22.5 Å². The van der Waals surface area contributed by atoms with Gasteiger partial charge in [-0.3, -0.25) is 4.79 Å². The van der Waals surface area contributed by atoms with Gasteiger partial charge in [0.15, 0.2) is 0 Å². The van der Waals surface area contributed by atoms with Crippen molar-refractivity contribution in [1.29, 1.82) is 0 Å². The molecule has 0 fully saturated rings. The van der Waals surface area contributed by atoms with Crippen LogP contribution in [0.25, 0.3) is 0 Å². The Bertz CT molecular complexity index is 920. The Hall–Kier alpha value is -2.03. The molecule has 0 aromatic heterocycles. The first-order valence-corrected chi connectivity index (χ1v) is 10.3. The van der Waals surface area contributed by atoms with Crippen molar-refractivity contribution in [1.82, 2.24) is 9.21 Å². The van der Waals surface area contributed by atoms with Crippen LogP contribution in [0.15, 0.2) is 70.6 Å². The van der Waals surface area contributed by atoms with Crippen LogP contribution >= 0.6 is 15.9 Å². The Balaban J connectivity index is 2.17. The molecule has 0 heterocycles. The molecule has 2 rings (SSSR count). The average molecular weight is 455 g/mol. The van der Waals surface area contributed by atoms with Crippen LogP contribution in [0.3, 0.4) is 0 Å². The quantitative estimate of drug-likeness (QED) is 0.574. The summed E-state index contributed by atoms with van der Waals surface area (Å²) in [4.78, 5) is 14.1. The van der Waals surface area contributed by atoms with E-state index in [1.807, 2.05) is 0 Å². The zero-order valence-electron chi connectivity index (χ0n) is 14.8. The number of hydrogen-bond donors (Lipinski definition) is 0. The second-order valence-electron chi connectivity index (χ2n) is 5.87. The van der Waals surface area contributed by atoms with Gasteiger partial charge >= 0.3 is 0 Å². The number of amides is 1. The summed E-state index contributed by atoms with van der Waals surface area (Å²) in [5.41, 5.74) is 0.327. The zero-order chi connectivity index (χ0) is 20.0. The van der Waals surface area contributed by atoms with E-state index in [0.29, 0.717) is 10.0 Å². The lowest BCUT2D eigenvalue weighted by atomic mass is 10.2. The van der Waals surface area contributed by atoms with Crippen LogP contribution in [-0.4, -0.2) is 43.7 Å². The highest BCUT2D eigenvalue weighted by molar-refractivity contribution is 9.10. The lowest BCUT2D eigenvalue weighted by Gasteiger charge is -2.25. The number of nitrogens with zero attached hydrogens (tertiary/aromatic N) is 2. The van der Waals surface area contributed by atoms with Crippen molar-refractivity contribution >= 4 is 31.9 Å². The van der Waals surface area contributed by atoms with E-state index in [4.69, 9.17) is 0 Å². The topological polar surface area (TPSA) is 57.7 Å². The van der Waals surface area contributed by atoms with Crippen molar-refractivity contribution in [2.45, 2.75) is 11.4 Å². The number of halogens is 2. The summed E-state index contributed by atoms with van der Waals surface area (Å²) in [5, 5.41) is 0. The molecule has 0 N–H and O–H groups in total. The van der Waals surface area contributed by atoms with Crippen LogP contribution in [0.2, 0.25) is 0 Å². The molecular formula is C19H20BrFN2O3S. The van der Waals surface area contributed by atoms with E-state index in [9.17, 15) is 17.6 Å². The number of carbonyl (C=O) groups excluding carboxylic acids is 1. The maximum Gasteiger partial charge on any atom is 0.243 e. The first-order chi connectivity index (χ1) is 12.8. The van der Waals surface area contributed by atoms with Gasteiger partial charge in [0, 0.05) is 30.2 Å². The molecule has 0 atom stereocenters. The Labute approximate surface area is 167 Å². The van der Waals surface area contributed by atoms with Gasteiger partial charge in [-0.2, -0.15) is 4.31 Å². The summed E-state index contributed by atoms with van der Waals surface area (Å²) in [6.45, 7) is 3.43. The number of likely N-dealkylation sites (N-methyl/N-ethyl adjacent to an activating group) is 1. The van der Waals surface area contributed by atoms with Crippen LogP contribution in [0.5, 0.6) is 0 Å². The molecule has 0 bridgehead atoms. The van der Waals surface area contributed by atoms with Crippen LogP contribution in [0, 0.1) is 5.82 Å². The minimum atomic E-state index is -3.79. The predicted octanol–water partition coefficient (Wildman–Crippen LogP) is 3.42. The molecule has 8 heteroatoms. The van der Waals surface area contributed by atoms with E-state index < -0.39 is 21.7 Å². The molecular weight excluding hydrogens is 435 g/mol. The largest absolute Gasteiger partial charge is 0.333 e. The highest BCUT2D eigenvalue weighted by Crippen LogP contribution is 2.18. The van der Waals surface area contributed by atoms with Crippen molar-refractivity contribution in [3.63, 3.8) is 0 Å². The Morgan fingerprint density at radius 2 is 1.89 bits per heavy atom. The van der Waals surface area contributed by atoms with Crippen LogP contribution in [0.1, 0.15) is 5.56 Å². The van der Waals surface area contributed by atoms with E-state index in [-0.39, 0.29) is 24.5 Å². The highest BCUT2D eigenvalue weighted by Gasteiger charge is 2.25. The van der Waals surface area contributed by atoms with Gasteiger partial charge in [-0.1, -0.05) is 40.2 Å². The zero-order valence-corrected chi connectivity index (χ0v) is 17.2. The fourth-order valence-electron chi connectivity index (χ4n) is 2.43. The van der Waals surface area contributed by atoms with Crippen molar-refractivity contribution < 1.29 is 17.6 Å². The Morgan fingerprint density at radius 1 is 1.22 bits per heavy atom. The minimum absolute atomic E-state index is 0.00928. The normalized spacial score (nSPS) is 11.4. The van der Waals surface area contributed by atoms with Gasteiger partial charge in [0.1, 0.15) is 5.82 Å². The Kier molecular flexibility index (Phi) is 7.29. The molecule has 0 saturated carbocycles. The fraction of sp³-hybridized carbons (Fsp3) is 0.211. The van der Waals surface area contributed by atoms with Crippen LogP contribution in [-0.2, 0) is 21.4 Å². The maximum absolute atomic E-state index is 14.0. The second kappa shape index (κ2) is 9.25. The summed E-state index contributed by atoms with van der Waals surface area (Å²) in [6, 6.07) is 12.3. The predicted molar refractivity (Wildman–Crippen MR) is 106 cm³/mol. The summed E-state index contributed by atoms with van der Waals surface area (Å²) in [6.07, 6.45) is 1.51. The van der Waals surface area contributed by atoms with E-state index in [1.165, 1.54) is 36.2 Å². The standard InChI is InChI=1S/C19H20BrFN2O3S/c1-3-11-23(13-15-12-16(20)9-10-18(15)21)19(24)14-22(2)27(25,26)17-7-5-4-6-8-17/h3-10,12H,1,11,13-14H2,2H3. The first kappa shape index (κ1) is 21.3. The lowest BCUT2D eigenvalue weighted by Crippen LogP contribution is -2.41. The minimum Gasteiger partial charge on any atom is -0.333 e. The third-order valence-electron chi connectivity index (χ3n) is 3.88. The molecule has 27 heavy (non-hydrogen) atoms. The molecule has 2 aromatic carbocycles. The van der Waals surface area contributed by atoms with Crippen molar-refractivity contribution in [3.05, 3.63) is 77.0 Å². The van der Waals surface area contributed by atoms with Crippen LogP contribution < -0.4 is 0 Å².